The molecule has 0 aliphatic carbocycles. The van der Waals surface area contributed by atoms with Gasteiger partial charge in [-0.15, -0.1) is 0 Å². The summed E-state index contributed by atoms with van der Waals surface area (Å²) in [4.78, 5) is 11.0. The molecule has 0 fully saturated rings. The van der Waals surface area contributed by atoms with Crippen molar-refractivity contribution in [1.82, 2.24) is 5.32 Å². The maximum atomic E-state index is 11.0. The fraction of sp³-hybridized carbons (Fsp3) is 0.875. The largest absolute Gasteiger partial charge is 0.369 e. The lowest BCUT2D eigenvalue weighted by atomic mass is 9.74. The van der Waals surface area contributed by atoms with Gasteiger partial charge in [-0.25, -0.2) is 0 Å². The van der Waals surface area contributed by atoms with Gasteiger partial charge in [0.1, 0.15) is 0 Å². The number of hydrogen-bond acceptors (Lipinski definition) is 2. The summed E-state index contributed by atoms with van der Waals surface area (Å²) < 4.78 is 0. The smallest absolute Gasteiger partial charge is 0.224 e. The fourth-order valence-corrected chi connectivity index (χ4v) is 0.620. The van der Waals surface area contributed by atoms with Crippen molar-refractivity contribution in [3.05, 3.63) is 0 Å². The molecule has 0 rings (SSSR count). The second-order valence-electron chi connectivity index (χ2n) is 3.86. The van der Waals surface area contributed by atoms with Crippen LogP contribution < -0.4 is 11.1 Å². The minimum absolute atomic E-state index is 0.265. The van der Waals surface area contributed by atoms with E-state index in [9.17, 15) is 4.79 Å². The monoisotopic (exact) mass is 158 g/mol. The Morgan fingerprint density at radius 2 is 1.64 bits per heavy atom. The van der Waals surface area contributed by atoms with E-state index >= 15 is 0 Å². The second kappa shape index (κ2) is 2.81. The lowest BCUT2D eigenvalue weighted by molar-refractivity contribution is -0.129. The van der Waals surface area contributed by atoms with Gasteiger partial charge in [0.2, 0.25) is 5.91 Å². The molecule has 3 N–H and O–H groups in total. The van der Waals surface area contributed by atoms with Crippen LogP contribution in [0.4, 0.5) is 0 Å². The van der Waals surface area contributed by atoms with E-state index in [0.717, 1.165) is 0 Å². The van der Waals surface area contributed by atoms with Crippen LogP contribution in [0.3, 0.4) is 0 Å². The first-order chi connectivity index (χ1) is 4.75. The highest BCUT2D eigenvalue weighted by Gasteiger charge is 2.40. The van der Waals surface area contributed by atoms with Gasteiger partial charge in [-0.3, -0.25) is 4.79 Å². The number of carbonyl (C=O) groups is 1. The van der Waals surface area contributed by atoms with Gasteiger partial charge < -0.3 is 11.1 Å². The van der Waals surface area contributed by atoms with E-state index in [1.54, 1.807) is 0 Å². The first-order valence-electron chi connectivity index (χ1n) is 3.74. The average molecular weight is 158 g/mol. The summed E-state index contributed by atoms with van der Waals surface area (Å²) in [6.45, 7) is 7.59. The number of nitrogens with two attached hydrogens (primary N) is 1. The third kappa shape index (κ3) is 1.71. The SMILES string of the molecule is CNC(C)(C)C(C)(C)C(N)=O. The molecule has 0 aliphatic heterocycles. The van der Waals surface area contributed by atoms with Crippen molar-refractivity contribution in [1.29, 1.82) is 0 Å². The van der Waals surface area contributed by atoms with Crippen molar-refractivity contribution < 1.29 is 4.79 Å². The Balaban J connectivity index is 4.67. The number of carbonyl (C=O) groups excluding carboxylic acids is 1. The van der Waals surface area contributed by atoms with Crippen molar-refractivity contribution >= 4 is 5.91 Å². The lowest BCUT2D eigenvalue weighted by Gasteiger charge is -2.38. The third-order valence-corrected chi connectivity index (χ3v) is 2.80. The van der Waals surface area contributed by atoms with Gasteiger partial charge >= 0.3 is 0 Å². The van der Waals surface area contributed by atoms with E-state index in [2.05, 4.69) is 5.32 Å². The van der Waals surface area contributed by atoms with Gasteiger partial charge in [0, 0.05) is 5.54 Å². The summed E-state index contributed by atoms with van der Waals surface area (Å²) in [7, 11) is 1.82. The summed E-state index contributed by atoms with van der Waals surface area (Å²) >= 11 is 0. The summed E-state index contributed by atoms with van der Waals surface area (Å²) in [5.74, 6) is -0.281. The number of hydrogen-bond donors (Lipinski definition) is 2. The molecule has 66 valence electrons. The van der Waals surface area contributed by atoms with Crippen LogP contribution in [0, 0.1) is 5.41 Å². The predicted octanol–water partition coefficient (Wildman–Crippen LogP) is 0.496. The van der Waals surface area contributed by atoms with Gasteiger partial charge in [0.15, 0.2) is 0 Å². The molecule has 0 aromatic carbocycles. The standard InChI is InChI=1S/C8H18N2O/c1-7(2,6(9)11)8(3,4)10-5/h10H,1-5H3,(H2,9,11). The molecular weight excluding hydrogens is 140 g/mol. The number of primary amides is 1. The summed E-state index contributed by atoms with van der Waals surface area (Å²) in [5.41, 5.74) is 4.46. The summed E-state index contributed by atoms with van der Waals surface area (Å²) in [6.07, 6.45) is 0. The molecular formula is C8H18N2O. The molecule has 1 amide bonds. The fourth-order valence-electron chi connectivity index (χ4n) is 0.620. The summed E-state index contributed by atoms with van der Waals surface area (Å²) in [6, 6.07) is 0. The van der Waals surface area contributed by atoms with Crippen LogP contribution in [0.25, 0.3) is 0 Å². The Morgan fingerprint density at radius 3 is 1.73 bits per heavy atom. The Kier molecular flexibility index (Phi) is 2.67. The molecule has 3 nitrogen and oxygen atoms in total. The molecule has 0 saturated carbocycles. The maximum absolute atomic E-state index is 11.0. The minimum atomic E-state index is -0.526. The van der Waals surface area contributed by atoms with Crippen LogP contribution in [0.2, 0.25) is 0 Å². The highest BCUT2D eigenvalue weighted by atomic mass is 16.1. The van der Waals surface area contributed by atoms with Crippen LogP contribution in [-0.4, -0.2) is 18.5 Å². The quantitative estimate of drug-likeness (QED) is 0.628. The first kappa shape index (κ1) is 10.4. The van der Waals surface area contributed by atoms with Crippen molar-refractivity contribution in [3.63, 3.8) is 0 Å². The molecule has 0 unspecified atom stereocenters. The highest BCUT2D eigenvalue weighted by Crippen LogP contribution is 2.29. The molecule has 0 bridgehead atoms. The molecule has 0 aromatic heterocycles. The van der Waals surface area contributed by atoms with Gasteiger partial charge in [-0.1, -0.05) is 0 Å². The minimum Gasteiger partial charge on any atom is -0.369 e. The van der Waals surface area contributed by atoms with Crippen molar-refractivity contribution in [3.8, 4) is 0 Å². The van der Waals surface area contributed by atoms with Crippen LogP contribution in [0.15, 0.2) is 0 Å². The van der Waals surface area contributed by atoms with Crippen LogP contribution >= 0.6 is 0 Å². The van der Waals surface area contributed by atoms with Crippen LogP contribution in [0.1, 0.15) is 27.7 Å². The molecule has 0 aliphatic rings. The van der Waals surface area contributed by atoms with E-state index in [0.29, 0.717) is 0 Å². The normalized spacial score (nSPS) is 13.2. The Hall–Kier alpha value is -0.570. The number of amides is 1. The molecule has 0 heterocycles. The van der Waals surface area contributed by atoms with Crippen LogP contribution in [-0.2, 0) is 4.79 Å². The highest BCUT2D eigenvalue weighted by molar-refractivity contribution is 5.81. The zero-order valence-corrected chi connectivity index (χ0v) is 7.99. The molecule has 0 atom stereocenters. The molecule has 0 saturated heterocycles. The topological polar surface area (TPSA) is 55.1 Å². The van der Waals surface area contributed by atoms with Gasteiger partial charge in [0.05, 0.1) is 5.41 Å². The van der Waals surface area contributed by atoms with Crippen LogP contribution in [0.5, 0.6) is 0 Å². The third-order valence-electron chi connectivity index (χ3n) is 2.80. The Bertz CT molecular complexity index is 161. The molecule has 0 aromatic rings. The van der Waals surface area contributed by atoms with Gasteiger partial charge in [0.25, 0.3) is 0 Å². The molecule has 3 heteroatoms. The molecule has 0 radical (unpaired) electrons. The van der Waals surface area contributed by atoms with Gasteiger partial charge in [-0.2, -0.15) is 0 Å². The van der Waals surface area contributed by atoms with E-state index in [1.807, 2.05) is 34.7 Å². The maximum Gasteiger partial charge on any atom is 0.224 e. The average Bonchev–Trinajstić information content (AvgIpc) is 1.87. The van der Waals surface area contributed by atoms with E-state index in [4.69, 9.17) is 5.73 Å². The van der Waals surface area contributed by atoms with E-state index < -0.39 is 5.41 Å². The zero-order valence-electron chi connectivity index (χ0n) is 7.99. The Labute approximate surface area is 68.3 Å². The van der Waals surface area contributed by atoms with E-state index in [-0.39, 0.29) is 11.4 Å². The van der Waals surface area contributed by atoms with E-state index in [1.165, 1.54) is 0 Å². The summed E-state index contributed by atoms with van der Waals surface area (Å²) in [5, 5.41) is 3.06. The lowest BCUT2D eigenvalue weighted by Crippen LogP contribution is -2.55. The zero-order chi connectivity index (χ0) is 9.28. The van der Waals surface area contributed by atoms with Gasteiger partial charge in [-0.05, 0) is 34.7 Å². The molecule has 11 heavy (non-hydrogen) atoms. The number of nitrogens with one attached hydrogen (secondary N) is 1. The predicted molar refractivity (Wildman–Crippen MR) is 46.1 cm³/mol. The molecule has 0 spiro atoms. The number of rotatable bonds is 3. The first-order valence-corrected chi connectivity index (χ1v) is 3.74. The van der Waals surface area contributed by atoms with Crippen molar-refractivity contribution in [2.75, 3.05) is 7.05 Å². The van der Waals surface area contributed by atoms with Crippen molar-refractivity contribution in [2.24, 2.45) is 11.1 Å². The van der Waals surface area contributed by atoms with Crippen molar-refractivity contribution in [2.45, 2.75) is 33.2 Å². The Morgan fingerprint density at radius 1 is 1.27 bits per heavy atom. The second-order valence-corrected chi connectivity index (χ2v) is 3.86.